The number of imidazole rings is 1. The molecule has 0 spiro atoms. The minimum atomic E-state index is -0.933. The van der Waals surface area contributed by atoms with Crippen molar-refractivity contribution in [1.29, 1.82) is 0 Å². The fraction of sp³-hybridized carbons (Fsp3) is 0.143. The highest BCUT2D eigenvalue weighted by atomic mass is 32.1. The van der Waals surface area contributed by atoms with Gasteiger partial charge in [-0.3, -0.25) is 4.79 Å². The molecule has 0 aromatic carbocycles. The number of carbonyl (C=O) groups is 1. The predicted molar refractivity (Wildman–Crippen MR) is 50.4 cm³/mol. The van der Waals surface area contributed by atoms with Crippen LogP contribution in [0.1, 0.15) is 5.69 Å². The third-order valence-corrected chi connectivity index (χ3v) is 1.91. The number of carboxylic acid groups (broad SMARTS) is 1. The second kappa shape index (κ2) is 3.18. The van der Waals surface area contributed by atoms with Crippen molar-refractivity contribution in [1.82, 2.24) is 19.9 Å². The molecule has 0 saturated carbocycles. The minimum absolute atomic E-state index is 0.134. The number of fused-ring (bicyclic) bond motifs is 1. The molecule has 7 heteroatoms. The van der Waals surface area contributed by atoms with Crippen molar-refractivity contribution >= 4 is 29.4 Å². The highest BCUT2D eigenvalue weighted by Crippen LogP contribution is 2.10. The molecular formula is C7H6N4O2S. The van der Waals surface area contributed by atoms with Crippen LogP contribution in [0.5, 0.6) is 0 Å². The number of aromatic nitrogens is 4. The first kappa shape index (κ1) is 8.82. The fourth-order valence-corrected chi connectivity index (χ4v) is 1.40. The van der Waals surface area contributed by atoms with Crippen molar-refractivity contribution in [2.24, 2.45) is 0 Å². The fourth-order valence-electron chi connectivity index (χ4n) is 1.19. The van der Waals surface area contributed by atoms with Crippen LogP contribution in [0.25, 0.3) is 11.2 Å². The molecule has 2 rings (SSSR count). The SMILES string of the molecule is O=C(O)Cc1[nH]c(=S)nc2nc[nH]c12. The Morgan fingerprint density at radius 3 is 3.14 bits per heavy atom. The summed E-state index contributed by atoms with van der Waals surface area (Å²) in [4.78, 5) is 23.9. The third kappa shape index (κ3) is 1.49. The molecule has 2 heterocycles. The predicted octanol–water partition coefficient (Wildman–Crippen LogP) is 0.643. The summed E-state index contributed by atoms with van der Waals surface area (Å²) in [6, 6.07) is 0. The summed E-state index contributed by atoms with van der Waals surface area (Å²) < 4.78 is 0.237. The number of aromatic amines is 2. The topological polar surface area (TPSA) is 94.7 Å². The molecule has 0 unspecified atom stereocenters. The van der Waals surface area contributed by atoms with Gasteiger partial charge in [-0.1, -0.05) is 0 Å². The zero-order valence-corrected chi connectivity index (χ0v) is 7.76. The number of carboxylic acids is 1. The number of hydrogen-bond acceptors (Lipinski definition) is 4. The summed E-state index contributed by atoms with van der Waals surface area (Å²) in [6.07, 6.45) is 1.32. The van der Waals surface area contributed by atoms with Gasteiger partial charge in [0.1, 0.15) is 5.52 Å². The molecule has 0 aliphatic rings. The van der Waals surface area contributed by atoms with Crippen LogP contribution in [-0.4, -0.2) is 31.0 Å². The number of nitrogens with one attached hydrogen (secondary N) is 2. The summed E-state index contributed by atoms with van der Waals surface area (Å²) in [7, 11) is 0. The van der Waals surface area contributed by atoms with Crippen molar-refractivity contribution < 1.29 is 9.90 Å². The molecule has 14 heavy (non-hydrogen) atoms. The molecule has 0 atom stereocenters. The van der Waals surface area contributed by atoms with E-state index < -0.39 is 5.97 Å². The Morgan fingerprint density at radius 2 is 2.43 bits per heavy atom. The Bertz CT molecular complexity index is 544. The van der Waals surface area contributed by atoms with Crippen LogP contribution in [0.4, 0.5) is 0 Å². The van der Waals surface area contributed by atoms with Crippen LogP contribution in [0.2, 0.25) is 0 Å². The molecule has 6 nitrogen and oxygen atoms in total. The average Bonchev–Trinajstić information content (AvgIpc) is 2.50. The van der Waals surface area contributed by atoms with Crippen molar-refractivity contribution in [2.75, 3.05) is 0 Å². The van der Waals surface area contributed by atoms with Gasteiger partial charge in [0.25, 0.3) is 0 Å². The maximum absolute atomic E-state index is 10.5. The molecule has 0 aliphatic carbocycles. The first-order chi connectivity index (χ1) is 6.66. The maximum Gasteiger partial charge on any atom is 0.309 e. The summed E-state index contributed by atoms with van der Waals surface area (Å²) in [6.45, 7) is 0. The average molecular weight is 210 g/mol. The van der Waals surface area contributed by atoms with Gasteiger partial charge >= 0.3 is 5.97 Å². The van der Waals surface area contributed by atoms with Gasteiger partial charge in [-0.2, -0.15) is 4.98 Å². The van der Waals surface area contributed by atoms with Crippen LogP contribution in [0, 0.1) is 4.77 Å². The number of rotatable bonds is 2. The lowest BCUT2D eigenvalue weighted by Crippen LogP contribution is -2.04. The number of H-pyrrole nitrogens is 2. The van der Waals surface area contributed by atoms with E-state index >= 15 is 0 Å². The summed E-state index contributed by atoms with van der Waals surface area (Å²) >= 11 is 4.83. The van der Waals surface area contributed by atoms with E-state index in [-0.39, 0.29) is 11.2 Å². The van der Waals surface area contributed by atoms with Gasteiger partial charge in [0.05, 0.1) is 18.4 Å². The standard InChI is InChI=1S/C7H6N4O2S/c12-4(13)1-3-5-6(9-2-8-5)11-7(14)10-3/h2H,1H2,(H,12,13)(H2,8,9,10,11,14). The Hall–Kier alpha value is -1.76. The van der Waals surface area contributed by atoms with Crippen LogP contribution in [-0.2, 0) is 11.2 Å². The first-order valence-corrected chi connectivity index (χ1v) is 4.21. The molecule has 0 aliphatic heterocycles. The second-order valence-electron chi connectivity index (χ2n) is 2.69. The van der Waals surface area contributed by atoms with Crippen LogP contribution < -0.4 is 0 Å². The molecular weight excluding hydrogens is 204 g/mol. The lowest BCUT2D eigenvalue weighted by Gasteiger charge is -1.98. The lowest BCUT2D eigenvalue weighted by molar-refractivity contribution is -0.136. The van der Waals surface area contributed by atoms with Gasteiger partial charge in [-0.15, -0.1) is 0 Å². The Morgan fingerprint density at radius 1 is 1.64 bits per heavy atom. The summed E-state index contributed by atoms with van der Waals surface area (Å²) in [5.74, 6) is -0.933. The largest absolute Gasteiger partial charge is 0.481 e. The van der Waals surface area contributed by atoms with E-state index in [4.69, 9.17) is 17.3 Å². The van der Waals surface area contributed by atoms with E-state index in [2.05, 4.69) is 19.9 Å². The van der Waals surface area contributed by atoms with E-state index in [1.165, 1.54) is 6.33 Å². The van der Waals surface area contributed by atoms with Gasteiger partial charge in [0, 0.05) is 0 Å². The smallest absolute Gasteiger partial charge is 0.309 e. The Kier molecular flexibility index (Phi) is 2.01. The molecule has 72 valence electrons. The molecule has 0 bridgehead atoms. The van der Waals surface area contributed by atoms with E-state index in [1.807, 2.05) is 0 Å². The molecule has 0 radical (unpaired) electrons. The van der Waals surface area contributed by atoms with Crippen LogP contribution >= 0.6 is 12.2 Å². The molecule has 2 aromatic heterocycles. The van der Waals surface area contributed by atoms with E-state index in [0.717, 1.165) is 0 Å². The molecule has 2 aromatic rings. The normalized spacial score (nSPS) is 10.6. The van der Waals surface area contributed by atoms with E-state index in [0.29, 0.717) is 16.9 Å². The van der Waals surface area contributed by atoms with Crippen molar-refractivity contribution in [2.45, 2.75) is 6.42 Å². The number of hydrogen-bond donors (Lipinski definition) is 3. The van der Waals surface area contributed by atoms with Crippen molar-refractivity contribution in [3.05, 3.63) is 16.8 Å². The Labute approximate surface area is 83.0 Å². The Balaban J connectivity index is 2.66. The molecule has 3 N–H and O–H groups in total. The molecule has 0 amide bonds. The van der Waals surface area contributed by atoms with E-state index in [1.54, 1.807) is 0 Å². The monoisotopic (exact) mass is 210 g/mol. The lowest BCUT2D eigenvalue weighted by atomic mass is 10.3. The van der Waals surface area contributed by atoms with Crippen LogP contribution in [0.3, 0.4) is 0 Å². The van der Waals surface area contributed by atoms with Crippen molar-refractivity contribution in [3.8, 4) is 0 Å². The highest BCUT2D eigenvalue weighted by Gasteiger charge is 2.08. The maximum atomic E-state index is 10.5. The summed E-state index contributed by atoms with van der Waals surface area (Å²) in [5.41, 5.74) is 1.51. The third-order valence-electron chi connectivity index (χ3n) is 1.71. The molecule has 0 saturated heterocycles. The number of aliphatic carboxylic acids is 1. The first-order valence-electron chi connectivity index (χ1n) is 3.81. The van der Waals surface area contributed by atoms with Crippen LogP contribution in [0.15, 0.2) is 6.33 Å². The van der Waals surface area contributed by atoms with Gasteiger partial charge in [0.15, 0.2) is 10.4 Å². The number of nitrogens with zero attached hydrogens (tertiary/aromatic N) is 2. The van der Waals surface area contributed by atoms with Gasteiger partial charge < -0.3 is 15.1 Å². The highest BCUT2D eigenvalue weighted by molar-refractivity contribution is 7.71. The van der Waals surface area contributed by atoms with Gasteiger partial charge in [0.2, 0.25) is 0 Å². The minimum Gasteiger partial charge on any atom is -0.481 e. The quantitative estimate of drug-likeness (QED) is 0.632. The van der Waals surface area contributed by atoms with E-state index in [9.17, 15) is 4.79 Å². The zero-order chi connectivity index (χ0) is 10.1. The van der Waals surface area contributed by atoms with Gasteiger partial charge in [-0.25, -0.2) is 4.98 Å². The molecule has 0 fully saturated rings. The van der Waals surface area contributed by atoms with Crippen molar-refractivity contribution in [3.63, 3.8) is 0 Å². The second-order valence-corrected chi connectivity index (χ2v) is 3.08. The van der Waals surface area contributed by atoms with Gasteiger partial charge in [-0.05, 0) is 12.2 Å². The summed E-state index contributed by atoms with van der Waals surface area (Å²) in [5, 5.41) is 8.65. The zero-order valence-electron chi connectivity index (χ0n) is 6.94.